The molecule has 1 aromatic carbocycles. The number of nitrogens with zero attached hydrogens (tertiary/aromatic N) is 1. The van der Waals surface area contributed by atoms with Crippen LogP contribution in [-0.4, -0.2) is 37.2 Å². The van der Waals surface area contributed by atoms with Crippen LogP contribution < -0.4 is 10.1 Å². The Bertz CT molecular complexity index is 398. The fourth-order valence-electron chi connectivity index (χ4n) is 2.72. The molecule has 0 aromatic heterocycles. The molecule has 1 aromatic rings. The zero-order valence-electron chi connectivity index (χ0n) is 13.6. The number of rotatable bonds is 7. The van der Waals surface area contributed by atoms with E-state index in [1.165, 1.54) is 44.3 Å². The van der Waals surface area contributed by atoms with Gasteiger partial charge in [0.2, 0.25) is 0 Å². The average molecular weight is 290 g/mol. The number of hydrogen-bond donors (Lipinski definition) is 1. The quantitative estimate of drug-likeness (QED) is 0.832. The van der Waals surface area contributed by atoms with E-state index in [4.69, 9.17) is 4.74 Å². The van der Waals surface area contributed by atoms with Crippen LogP contribution in [0.2, 0.25) is 0 Å². The lowest BCUT2D eigenvalue weighted by atomic mass is 10.2. The minimum Gasteiger partial charge on any atom is -0.492 e. The van der Waals surface area contributed by atoms with Gasteiger partial charge < -0.3 is 10.1 Å². The van der Waals surface area contributed by atoms with E-state index in [2.05, 4.69) is 48.3 Å². The van der Waals surface area contributed by atoms with Crippen molar-refractivity contribution in [3.05, 3.63) is 29.8 Å². The molecule has 3 nitrogen and oxygen atoms in total. The summed E-state index contributed by atoms with van der Waals surface area (Å²) in [5.74, 6) is 0.993. The molecule has 1 aliphatic rings. The van der Waals surface area contributed by atoms with Gasteiger partial charge >= 0.3 is 0 Å². The number of hydrogen-bond acceptors (Lipinski definition) is 3. The standard InChI is InChI=1S/C18H30N2O/c1-16(2)19-15-17-8-7-9-18(14-17)21-13-12-20-10-5-3-4-6-11-20/h7-9,14,16,19H,3-6,10-13,15H2,1-2H3. The van der Waals surface area contributed by atoms with Crippen LogP contribution in [-0.2, 0) is 6.54 Å². The van der Waals surface area contributed by atoms with Gasteiger partial charge in [0, 0.05) is 19.1 Å². The molecule has 0 atom stereocenters. The Labute approximate surface area is 129 Å². The molecule has 1 fully saturated rings. The molecule has 0 radical (unpaired) electrons. The number of nitrogens with one attached hydrogen (secondary N) is 1. The van der Waals surface area contributed by atoms with Crippen LogP contribution in [0.25, 0.3) is 0 Å². The van der Waals surface area contributed by atoms with E-state index < -0.39 is 0 Å². The van der Waals surface area contributed by atoms with E-state index in [1.54, 1.807) is 0 Å². The van der Waals surface area contributed by atoms with E-state index in [0.29, 0.717) is 6.04 Å². The Hall–Kier alpha value is -1.06. The number of likely N-dealkylation sites (tertiary alicyclic amines) is 1. The van der Waals surface area contributed by atoms with E-state index >= 15 is 0 Å². The largest absolute Gasteiger partial charge is 0.492 e. The summed E-state index contributed by atoms with van der Waals surface area (Å²) < 4.78 is 5.93. The van der Waals surface area contributed by atoms with E-state index in [1.807, 2.05) is 0 Å². The third kappa shape index (κ3) is 6.49. The van der Waals surface area contributed by atoms with Gasteiger partial charge in [-0.15, -0.1) is 0 Å². The molecule has 0 aliphatic carbocycles. The second-order valence-corrected chi connectivity index (χ2v) is 6.29. The topological polar surface area (TPSA) is 24.5 Å². The lowest BCUT2D eigenvalue weighted by Crippen LogP contribution is -2.29. The molecule has 0 spiro atoms. The maximum atomic E-state index is 5.93. The highest BCUT2D eigenvalue weighted by Gasteiger charge is 2.08. The van der Waals surface area contributed by atoms with Crippen molar-refractivity contribution in [1.29, 1.82) is 0 Å². The first-order valence-corrected chi connectivity index (χ1v) is 8.41. The zero-order chi connectivity index (χ0) is 14.9. The van der Waals surface area contributed by atoms with Gasteiger partial charge in [-0.05, 0) is 43.6 Å². The lowest BCUT2D eigenvalue weighted by Gasteiger charge is -2.19. The maximum absolute atomic E-state index is 5.93. The SMILES string of the molecule is CC(C)NCc1cccc(OCCN2CCCCCC2)c1. The predicted octanol–water partition coefficient (Wildman–Crippen LogP) is 3.44. The van der Waals surface area contributed by atoms with Crippen molar-refractivity contribution in [3.8, 4) is 5.75 Å². The van der Waals surface area contributed by atoms with Crippen molar-refractivity contribution in [2.75, 3.05) is 26.2 Å². The molecule has 3 heteroatoms. The summed E-state index contributed by atoms with van der Waals surface area (Å²) in [6.07, 6.45) is 5.47. The summed E-state index contributed by atoms with van der Waals surface area (Å²) in [6.45, 7) is 9.56. The van der Waals surface area contributed by atoms with E-state index in [0.717, 1.165) is 25.4 Å². The first-order chi connectivity index (χ1) is 10.2. The third-order valence-electron chi connectivity index (χ3n) is 3.99. The van der Waals surface area contributed by atoms with Gasteiger partial charge in [-0.2, -0.15) is 0 Å². The maximum Gasteiger partial charge on any atom is 0.119 e. The van der Waals surface area contributed by atoms with Crippen molar-refractivity contribution in [2.24, 2.45) is 0 Å². The lowest BCUT2D eigenvalue weighted by molar-refractivity contribution is 0.214. The molecule has 1 N–H and O–H groups in total. The summed E-state index contributed by atoms with van der Waals surface area (Å²) >= 11 is 0. The summed E-state index contributed by atoms with van der Waals surface area (Å²) in [5.41, 5.74) is 1.29. The highest BCUT2D eigenvalue weighted by atomic mass is 16.5. The van der Waals surface area contributed by atoms with Gasteiger partial charge in [-0.25, -0.2) is 0 Å². The van der Waals surface area contributed by atoms with Gasteiger partial charge in [0.15, 0.2) is 0 Å². The van der Waals surface area contributed by atoms with Gasteiger partial charge in [-0.1, -0.05) is 38.8 Å². The Morgan fingerprint density at radius 2 is 1.90 bits per heavy atom. The van der Waals surface area contributed by atoms with Crippen molar-refractivity contribution < 1.29 is 4.74 Å². The van der Waals surface area contributed by atoms with E-state index in [9.17, 15) is 0 Å². The Morgan fingerprint density at radius 1 is 1.14 bits per heavy atom. The molecule has 0 bridgehead atoms. The molecular formula is C18H30N2O. The minimum atomic E-state index is 0.512. The summed E-state index contributed by atoms with van der Waals surface area (Å²) in [6, 6.07) is 8.95. The van der Waals surface area contributed by atoms with Crippen LogP contribution in [0, 0.1) is 0 Å². The predicted molar refractivity (Wildman–Crippen MR) is 88.8 cm³/mol. The molecule has 0 amide bonds. The average Bonchev–Trinajstić information content (AvgIpc) is 2.74. The molecule has 2 rings (SSSR count). The minimum absolute atomic E-state index is 0.512. The van der Waals surface area contributed by atoms with Gasteiger partial charge in [-0.3, -0.25) is 4.90 Å². The molecular weight excluding hydrogens is 260 g/mol. The Balaban J connectivity index is 1.73. The van der Waals surface area contributed by atoms with E-state index in [-0.39, 0.29) is 0 Å². The van der Waals surface area contributed by atoms with Crippen molar-refractivity contribution >= 4 is 0 Å². The molecule has 1 aliphatic heterocycles. The summed E-state index contributed by atoms with van der Waals surface area (Å²) in [5, 5.41) is 3.44. The molecule has 1 saturated heterocycles. The normalized spacial score (nSPS) is 16.9. The smallest absolute Gasteiger partial charge is 0.119 e. The van der Waals surface area contributed by atoms with Gasteiger partial charge in [0.05, 0.1) is 0 Å². The molecule has 21 heavy (non-hydrogen) atoms. The highest BCUT2D eigenvalue weighted by Crippen LogP contribution is 2.14. The Kier molecular flexibility index (Phi) is 7.04. The monoisotopic (exact) mass is 290 g/mol. The van der Waals surface area contributed by atoms with Crippen LogP contribution in [0.1, 0.15) is 45.1 Å². The van der Waals surface area contributed by atoms with Crippen LogP contribution in [0.5, 0.6) is 5.75 Å². The third-order valence-corrected chi connectivity index (χ3v) is 3.99. The second-order valence-electron chi connectivity index (χ2n) is 6.29. The van der Waals surface area contributed by atoms with Crippen molar-refractivity contribution in [3.63, 3.8) is 0 Å². The fourth-order valence-corrected chi connectivity index (χ4v) is 2.72. The fraction of sp³-hybridized carbons (Fsp3) is 0.667. The summed E-state index contributed by atoms with van der Waals surface area (Å²) in [7, 11) is 0. The van der Waals surface area contributed by atoms with Crippen LogP contribution in [0.3, 0.4) is 0 Å². The number of benzene rings is 1. The molecule has 0 unspecified atom stereocenters. The highest BCUT2D eigenvalue weighted by molar-refractivity contribution is 5.28. The molecule has 1 heterocycles. The first kappa shape index (κ1) is 16.3. The number of ether oxygens (including phenoxy) is 1. The van der Waals surface area contributed by atoms with Crippen molar-refractivity contribution in [2.45, 2.75) is 52.1 Å². The zero-order valence-corrected chi connectivity index (χ0v) is 13.6. The van der Waals surface area contributed by atoms with Crippen LogP contribution in [0.4, 0.5) is 0 Å². The van der Waals surface area contributed by atoms with Crippen LogP contribution in [0.15, 0.2) is 24.3 Å². The van der Waals surface area contributed by atoms with Crippen LogP contribution >= 0.6 is 0 Å². The van der Waals surface area contributed by atoms with Gasteiger partial charge in [0.25, 0.3) is 0 Å². The molecule has 0 saturated carbocycles. The summed E-state index contributed by atoms with van der Waals surface area (Å²) in [4.78, 5) is 2.54. The van der Waals surface area contributed by atoms with Gasteiger partial charge in [0.1, 0.15) is 12.4 Å². The van der Waals surface area contributed by atoms with Crippen molar-refractivity contribution in [1.82, 2.24) is 10.2 Å². The second kappa shape index (κ2) is 9.06. The molecule has 118 valence electrons. The Morgan fingerprint density at radius 3 is 2.62 bits per heavy atom. The first-order valence-electron chi connectivity index (χ1n) is 8.41.